The number of benzene rings is 1. The number of pyridine rings is 2. The predicted octanol–water partition coefficient (Wildman–Crippen LogP) is 6.09. The highest BCUT2D eigenvalue weighted by Crippen LogP contribution is 2.38. The van der Waals surface area contributed by atoms with Gasteiger partial charge in [-0.2, -0.15) is 5.10 Å². The van der Waals surface area contributed by atoms with E-state index >= 15 is 0 Å². The summed E-state index contributed by atoms with van der Waals surface area (Å²) in [6, 6.07) is 17.7. The molecule has 0 fully saturated rings. The number of anilines is 2. The molecule has 1 aromatic carbocycles. The fourth-order valence-electron chi connectivity index (χ4n) is 3.18. The summed E-state index contributed by atoms with van der Waals surface area (Å²) in [4.78, 5) is 13.6. The molecule has 0 atom stereocenters. The van der Waals surface area contributed by atoms with Crippen molar-refractivity contribution >= 4 is 23.0 Å². The summed E-state index contributed by atoms with van der Waals surface area (Å²) < 4.78 is 6.24. The molecule has 0 saturated carbocycles. The molecule has 7 nitrogen and oxygen atoms in total. The molecule has 8 heteroatoms. The second kappa shape index (κ2) is 8.99. The first-order valence-electron chi connectivity index (χ1n) is 10.2. The van der Waals surface area contributed by atoms with Crippen LogP contribution in [0.2, 0.25) is 0 Å². The van der Waals surface area contributed by atoms with Crippen LogP contribution in [-0.4, -0.2) is 25.1 Å². The fourth-order valence-corrected chi connectivity index (χ4v) is 4.07. The topological polar surface area (TPSA) is 88.6 Å². The van der Waals surface area contributed by atoms with Crippen molar-refractivity contribution in [1.29, 1.82) is 0 Å². The van der Waals surface area contributed by atoms with Gasteiger partial charge in [0.15, 0.2) is 0 Å². The first-order valence-corrected chi connectivity index (χ1v) is 11.0. The van der Waals surface area contributed by atoms with Crippen LogP contribution in [0.5, 0.6) is 10.8 Å². The van der Waals surface area contributed by atoms with Gasteiger partial charge in [0.25, 0.3) is 0 Å². The van der Waals surface area contributed by atoms with Crippen LogP contribution in [0, 0.1) is 0 Å². The van der Waals surface area contributed by atoms with Gasteiger partial charge in [-0.3, -0.25) is 5.10 Å². The van der Waals surface area contributed by atoms with E-state index in [1.54, 1.807) is 29.9 Å². The van der Waals surface area contributed by atoms with E-state index in [-0.39, 0.29) is 0 Å². The number of H-pyrrole nitrogens is 1. The molecule has 0 bridgehead atoms. The number of nitrogens with zero attached hydrogens (tertiary/aromatic N) is 4. The van der Waals surface area contributed by atoms with E-state index < -0.39 is 0 Å². The number of hydrogen-bond donors (Lipinski definition) is 2. The molecule has 2 N–H and O–H groups in total. The molecule has 32 heavy (non-hydrogen) atoms. The standard InChI is InChI=1S/C24H20N6OS/c1-2-22-30-23(16-6-4-3-5-7-16)24(32-22)31-19-10-11-25-21(12-19)29-20-9-8-17(13-26-20)18-14-27-28-15-18/h3-15H,2H2,1H3,(H,27,28)(H,25,26,29). The van der Waals surface area contributed by atoms with E-state index in [0.717, 1.165) is 38.9 Å². The lowest BCUT2D eigenvalue weighted by atomic mass is 10.2. The Bertz CT molecular complexity index is 1300. The second-order valence-electron chi connectivity index (χ2n) is 6.99. The molecule has 5 rings (SSSR count). The van der Waals surface area contributed by atoms with Crippen molar-refractivity contribution < 1.29 is 4.74 Å². The van der Waals surface area contributed by atoms with Gasteiger partial charge in [-0.05, 0) is 24.6 Å². The molecule has 0 unspecified atom stereocenters. The predicted molar refractivity (Wildman–Crippen MR) is 126 cm³/mol. The smallest absolute Gasteiger partial charge is 0.208 e. The Hall–Kier alpha value is -4.04. The molecule has 4 heterocycles. The normalized spacial score (nSPS) is 10.8. The molecule has 0 radical (unpaired) electrons. The van der Waals surface area contributed by atoms with Gasteiger partial charge in [-0.25, -0.2) is 15.0 Å². The van der Waals surface area contributed by atoms with E-state index in [1.807, 2.05) is 60.8 Å². The van der Waals surface area contributed by atoms with Crippen molar-refractivity contribution in [1.82, 2.24) is 25.1 Å². The summed E-state index contributed by atoms with van der Waals surface area (Å²) >= 11 is 1.57. The van der Waals surface area contributed by atoms with Gasteiger partial charge in [0.05, 0.1) is 11.2 Å². The van der Waals surface area contributed by atoms with Crippen LogP contribution < -0.4 is 10.1 Å². The lowest BCUT2D eigenvalue weighted by Crippen LogP contribution is -1.96. The summed E-state index contributed by atoms with van der Waals surface area (Å²) in [5.74, 6) is 2.02. The summed E-state index contributed by atoms with van der Waals surface area (Å²) in [6.45, 7) is 2.09. The van der Waals surface area contributed by atoms with Crippen LogP contribution in [0.3, 0.4) is 0 Å². The minimum Gasteiger partial charge on any atom is -0.444 e. The van der Waals surface area contributed by atoms with Gasteiger partial charge >= 0.3 is 0 Å². The number of nitrogens with one attached hydrogen (secondary N) is 2. The minimum absolute atomic E-state index is 0.646. The number of ether oxygens (including phenoxy) is 1. The highest BCUT2D eigenvalue weighted by molar-refractivity contribution is 7.14. The molecule has 0 aliphatic heterocycles. The Kier molecular flexibility index (Phi) is 5.59. The number of rotatable bonds is 7. The molecule has 158 valence electrons. The second-order valence-corrected chi connectivity index (χ2v) is 8.03. The third kappa shape index (κ3) is 4.35. The third-order valence-corrected chi connectivity index (χ3v) is 5.86. The maximum absolute atomic E-state index is 6.24. The number of aromatic nitrogens is 5. The van der Waals surface area contributed by atoms with E-state index in [2.05, 4.69) is 32.4 Å². The Morgan fingerprint density at radius 3 is 2.59 bits per heavy atom. The highest BCUT2D eigenvalue weighted by Gasteiger charge is 2.15. The highest BCUT2D eigenvalue weighted by atomic mass is 32.1. The molecular formula is C24H20N6OS. The maximum Gasteiger partial charge on any atom is 0.208 e. The minimum atomic E-state index is 0.646. The van der Waals surface area contributed by atoms with Crippen molar-refractivity contribution in [3.05, 3.63) is 84.4 Å². The van der Waals surface area contributed by atoms with Crippen molar-refractivity contribution in [3.63, 3.8) is 0 Å². The van der Waals surface area contributed by atoms with E-state index in [9.17, 15) is 0 Å². The molecule has 0 amide bonds. The number of hydrogen-bond acceptors (Lipinski definition) is 7. The number of thiazole rings is 1. The summed E-state index contributed by atoms with van der Waals surface area (Å²) in [5, 5.41) is 11.8. The zero-order chi connectivity index (χ0) is 21.8. The molecule has 0 saturated heterocycles. The first kappa shape index (κ1) is 19.9. The SMILES string of the molecule is CCc1nc(-c2ccccc2)c(Oc2ccnc(Nc3ccc(-c4cn[nH]c4)cn3)c2)s1. The summed E-state index contributed by atoms with van der Waals surface area (Å²) in [7, 11) is 0. The fraction of sp³-hybridized carbons (Fsp3) is 0.0833. The summed E-state index contributed by atoms with van der Waals surface area (Å²) in [5.41, 5.74) is 3.87. The Balaban J connectivity index is 1.35. The van der Waals surface area contributed by atoms with Crippen molar-refractivity contribution in [2.75, 3.05) is 5.32 Å². The summed E-state index contributed by atoms with van der Waals surface area (Å²) in [6.07, 6.45) is 7.96. The van der Waals surface area contributed by atoms with Crippen LogP contribution >= 0.6 is 11.3 Å². The molecule has 0 aliphatic carbocycles. The molecule has 4 aromatic heterocycles. The molecule has 0 spiro atoms. The average molecular weight is 441 g/mol. The molecular weight excluding hydrogens is 420 g/mol. The van der Waals surface area contributed by atoms with Crippen molar-refractivity contribution in [2.45, 2.75) is 13.3 Å². The largest absolute Gasteiger partial charge is 0.444 e. The maximum atomic E-state index is 6.24. The van der Waals surface area contributed by atoms with E-state index in [4.69, 9.17) is 9.72 Å². The quantitative estimate of drug-likeness (QED) is 0.318. The third-order valence-electron chi connectivity index (χ3n) is 4.78. The van der Waals surface area contributed by atoms with E-state index in [1.165, 1.54) is 0 Å². The van der Waals surface area contributed by atoms with Crippen LogP contribution in [-0.2, 0) is 6.42 Å². The lowest BCUT2D eigenvalue weighted by molar-refractivity contribution is 0.496. The van der Waals surface area contributed by atoms with Gasteiger partial charge in [-0.1, -0.05) is 48.6 Å². The van der Waals surface area contributed by atoms with E-state index in [0.29, 0.717) is 17.4 Å². The van der Waals surface area contributed by atoms with Crippen molar-refractivity contribution in [3.8, 4) is 33.2 Å². The van der Waals surface area contributed by atoms with Crippen LogP contribution in [0.4, 0.5) is 11.6 Å². The number of aryl methyl sites for hydroxylation is 1. The van der Waals surface area contributed by atoms with Gasteiger partial charge in [0, 0.05) is 41.3 Å². The Morgan fingerprint density at radius 2 is 1.84 bits per heavy atom. The van der Waals surface area contributed by atoms with Gasteiger partial charge in [-0.15, -0.1) is 0 Å². The monoisotopic (exact) mass is 440 g/mol. The van der Waals surface area contributed by atoms with Gasteiger partial charge < -0.3 is 10.1 Å². The first-order chi connectivity index (χ1) is 15.8. The lowest BCUT2D eigenvalue weighted by Gasteiger charge is -2.09. The Morgan fingerprint density at radius 1 is 0.938 bits per heavy atom. The van der Waals surface area contributed by atoms with Crippen LogP contribution in [0.15, 0.2) is 79.4 Å². The van der Waals surface area contributed by atoms with Gasteiger partial charge in [0.1, 0.15) is 23.1 Å². The average Bonchev–Trinajstić information content (AvgIpc) is 3.51. The zero-order valence-electron chi connectivity index (χ0n) is 17.3. The zero-order valence-corrected chi connectivity index (χ0v) is 18.1. The number of aromatic amines is 1. The van der Waals surface area contributed by atoms with Crippen LogP contribution in [0.1, 0.15) is 11.9 Å². The molecule has 0 aliphatic rings. The Labute approximate surface area is 189 Å². The van der Waals surface area contributed by atoms with Crippen molar-refractivity contribution in [2.24, 2.45) is 0 Å². The van der Waals surface area contributed by atoms with Gasteiger partial charge in [0.2, 0.25) is 5.06 Å². The molecule has 5 aromatic rings. The van der Waals surface area contributed by atoms with Crippen LogP contribution in [0.25, 0.3) is 22.4 Å².